The van der Waals surface area contributed by atoms with E-state index in [1.54, 1.807) is 0 Å². The molecule has 0 bridgehead atoms. The van der Waals surface area contributed by atoms with E-state index in [1.165, 1.54) is 63.4 Å². The van der Waals surface area contributed by atoms with E-state index in [-0.39, 0.29) is 30.5 Å². The van der Waals surface area contributed by atoms with Gasteiger partial charge in [-0.3, -0.25) is 0 Å². The molecule has 2 aliphatic carbocycles. The second-order valence-electron chi connectivity index (χ2n) is 10.0. The molecule has 2 aliphatic rings. The Hall–Kier alpha value is -2.19. The van der Waals surface area contributed by atoms with Crippen LogP contribution in [0, 0.1) is 26.0 Å². The van der Waals surface area contributed by atoms with Gasteiger partial charge in [-0.2, -0.15) is 72.5 Å². The first-order valence-electron chi connectivity index (χ1n) is 13.8. The summed E-state index contributed by atoms with van der Waals surface area (Å²) < 4.78 is 0. The predicted molar refractivity (Wildman–Crippen MR) is 166 cm³/mol. The maximum atomic E-state index is 3.78. The number of rotatable bonds is 4. The molecule has 0 amide bonds. The van der Waals surface area contributed by atoms with Gasteiger partial charge in [-0.05, 0) is 12.8 Å². The van der Waals surface area contributed by atoms with E-state index in [0.29, 0.717) is 0 Å². The molecule has 4 aromatic carbocycles. The SMILES string of the molecule is [CH2-]CCC.[CH2-]CCC[SiH](C)C.[Ti+4].[c-]1cccc2c1Cc1ccccc1-2.[c-]1cccc2c1Cc1ccccc1-2. The van der Waals surface area contributed by atoms with Gasteiger partial charge in [0.1, 0.15) is 0 Å². The largest absolute Gasteiger partial charge is 4.00 e. The molecule has 6 rings (SSSR count). The maximum Gasteiger partial charge on any atom is 4.00 e. The van der Waals surface area contributed by atoms with Crippen molar-refractivity contribution in [3.8, 4) is 22.3 Å². The zero-order valence-corrected chi connectivity index (χ0v) is 26.2. The van der Waals surface area contributed by atoms with E-state index in [1.807, 2.05) is 12.1 Å². The van der Waals surface area contributed by atoms with Crippen molar-refractivity contribution < 1.29 is 21.7 Å². The molecule has 0 atom stereocenters. The fourth-order valence-corrected chi connectivity index (χ4v) is 5.65. The Morgan fingerprint density at radius 3 is 1.45 bits per heavy atom. The number of unbranched alkanes of at least 4 members (excludes halogenated alkanes) is 2. The summed E-state index contributed by atoms with van der Waals surface area (Å²) in [7, 11) is -0.228. The van der Waals surface area contributed by atoms with Gasteiger partial charge in [0.25, 0.3) is 0 Å². The van der Waals surface area contributed by atoms with Crippen molar-refractivity contribution >= 4 is 8.80 Å². The minimum absolute atomic E-state index is 0. The zero-order chi connectivity index (χ0) is 26.5. The molecule has 4 aromatic rings. The Bertz CT molecular complexity index is 1050. The molecule has 0 aromatic heterocycles. The van der Waals surface area contributed by atoms with E-state index in [4.69, 9.17) is 0 Å². The van der Waals surface area contributed by atoms with Gasteiger partial charge in [0.15, 0.2) is 0 Å². The average Bonchev–Trinajstić information content (AvgIpc) is 3.51. The predicted octanol–water partition coefficient (Wildman–Crippen LogP) is 9.82. The molecule has 38 heavy (non-hydrogen) atoms. The number of fused-ring (bicyclic) bond motifs is 6. The first kappa shape index (κ1) is 32.0. The van der Waals surface area contributed by atoms with Gasteiger partial charge in [0.05, 0.1) is 0 Å². The summed E-state index contributed by atoms with van der Waals surface area (Å²) in [6, 6.07) is 37.7. The van der Waals surface area contributed by atoms with Gasteiger partial charge in [-0.25, -0.2) is 0 Å². The van der Waals surface area contributed by atoms with Crippen molar-refractivity contribution in [1.82, 2.24) is 0 Å². The molecule has 0 fully saturated rings. The van der Waals surface area contributed by atoms with Crippen LogP contribution >= 0.6 is 0 Å². The van der Waals surface area contributed by atoms with Crippen molar-refractivity contribution in [2.75, 3.05) is 0 Å². The fourth-order valence-electron chi connectivity index (χ4n) is 4.55. The Kier molecular flexibility index (Phi) is 14.7. The molecule has 0 nitrogen and oxygen atoms in total. The standard InChI is InChI=1S/2C13H9.C6H15Si.C4H9.Ti/c2*1-3-7-12-10(5-1)9-11-6-2-4-8-13(11)12;1-4-5-6-7(2)3;1-3-4-2;/h2*1-5,7-8H,9H2;7H,1,4-6H2,2-3H3;1,3-4H2,2H3;/q4*-1;+4. The van der Waals surface area contributed by atoms with Crippen LogP contribution in [-0.4, -0.2) is 8.80 Å². The van der Waals surface area contributed by atoms with Gasteiger partial charge < -0.3 is 13.8 Å². The fraction of sp³-hybridized carbons (Fsp3) is 0.278. The molecule has 194 valence electrons. The molecule has 0 radical (unpaired) electrons. The Morgan fingerprint density at radius 2 is 1.08 bits per heavy atom. The smallest absolute Gasteiger partial charge is 0.343 e. The van der Waals surface area contributed by atoms with Crippen LogP contribution in [0.5, 0.6) is 0 Å². The first-order chi connectivity index (χ1) is 18.1. The topological polar surface area (TPSA) is 0 Å². The molecular weight excluding hydrogens is 508 g/mol. The zero-order valence-electron chi connectivity index (χ0n) is 23.5. The molecule has 0 saturated heterocycles. The summed E-state index contributed by atoms with van der Waals surface area (Å²) >= 11 is 0. The van der Waals surface area contributed by atoms with E-state index in [9.17, 15) is 0 Å². The van der Waals surface area contributed by atoms with E-state index >= 15 is 0 Å². The van der Waals surface area contributed by atoms with Crippen LogP contribution in [0.15, 0.2) is 84.9 Å². The van der Waals surface area contributed by atoms with Crippen LogP contribution < -0.4 is 0 Å². The molecule has 2 heteroatoms. The molecule has 0 saturated carbocycles. The van der Waals surface area contributed by atoms with Crippen molar-refractivity contribution in [2.24, 2.45) is 0 Å². The quantitative estimate of drug-likeness (QED) is 0.151. The third-order valence-corrected chi connectivity index (χ3v) is 8.18. The van der Waals surface area contributed by atoms with Crippen molar-refractivity contribution in [2.45, 2.75) is 64.6 Å². The molecular formula is C36H42SiTi. The number of hydrogen-bond donors (Lipinski definition) is 0. The van der Waals surface area contributed by atoms with Gasteiger partial charge in [-0.15, -0.1) is 11.1 Å². The van der Waals surface area contributed by atoms with Crippen LogP contribution in [-0.2, 0) is 34.6 Å². The Balaban J connectivity index is 0.000000193. The summed E-state index contributed by atoms with van der Waals surface area (Å²) in [5, 5.41) is 0. The Morgan fingerprint density at radius 1 is 0.658 bits per heavy atom. The van der Waals surface area contributed by atoms with Crippen LogP contribution in [0.2, 0.25) is 19.1 Å². The van der Waals surface area contributed by atoms with Gasteiger partial charge in [0, 0.05) is 8.80 Å². The average molecular weight is 551 g/mol. The van der Waals surface area contributed by atoms with Crippen molar-refractivity contribution in [3.05, 3.63) is 133 Å². The van der Waals surface area contributed by atoms with Crippen LogP contribution in [0.25, 0.3) is 22.3 Å². The monoisotopic (exact) mass is 550 g/mol. The molecule has 0 unspecified atom stereocenters. The third-order valence-electron chi connectivity index (χ3n) is 6.62. The second-order valence-corrected chi connectivity index (χ2v) is 13.4. The summed E-state index contributed by atoms with van der Waals surface area (Å²) in [5.41, 5.74) is 11.0. The van der Waals surface area contributed by atoms with Crippen LogP contribution in [0.3, 0.4) is 0 Å². The normalized spacial score (nSPS) is 11.1. The van der Waals surface area contributed by atoms with Gasteiger partial charge in [-0.1, -0.05) is 110 Å². The van der Waals surface area contributed by atoms with E-state index in [2.05, 4.69) is 119 Å². The summed E-state index contributed by atoms with van der Waals surface area (Å²) in [4.78, 5) is 0. The van der Waals surface area contributed by atoms with E-state index in [0.717, 1.165) is 25.7 Å². The van der Waals surface area contributed by atoms with Crippen LogP contribution in [0.4, 0.5) is 0 Å². The Labute approximate surface area is 249 Å². The summed E-state index contributed by atoms with van der Waals surface area (Å²) in [5.74, 6) is 0. The van der Waals surface area contributed by atoms with E-state index < -0.39 is 0 Å². The third kappa shape index (κ3) is 9.23. The summed E-state index contributed by atoms with van der Waals surface area (Å²) in [6.07, 6.45) is 6.85. The second kappa shape index (κ2) is 17.4. The molecule has 0 aliphatic heterocycles. The minimum atomic E-state index is -0.228. The first-order valence-corrected chi connectivity index (χ1v) is 17.0. The number of benzene rings is 4. The minimum Gasteiger partial charge on any atom is -0.343 e. The van der Waals surface area contributed by atoms with Gasteiger partial charge in [0.2, 0.25) is 0 Å². The maximum absolute atomic E-state index is 3.78. The molecule has 0 spiro atoms. The number of hydrogen-bond acceptors (Lipinski definition) is 0. The van der Waals surface area contributed by atoms with Crippen molar-refractivity contribution in [1.29, 1.82) is 0 Å². The molecule has 0 N–H and O–H groups in total. The van der Waals surface area contributed by atoms with Crippen molar-refractivity contribution in [3.63, 3.8) is 0 Å². The molecule has 0 heterocycles. The van der Waals surface area contributed by atoms with Gasteiger partial charge >= 0.3 is 21.7 Å². The summed E-state index contributed by atoms with van der Waals surface area (Å²) in [6.45, 7) is 14.3. The van der Waals surface area contributed by atoms with Crippen LogP contribution in [0.1, 0.15) is 54.9 Å².